The lowest BCUT2D eigenvalue weighted by Gasteiger charge is -2.18. The smallest absolute Gasteiger partial charge is 0.228 e. The molecule has 0 unspecified atom stereocenters. The fourth-order valence-electron chi connectivity index (χ4n) is 2.51. The molecule has 0 atom stereocenters. The molecule has 0 radical (unpaired) electrons. The van der Waals surface area contributed by atoms with Gasteiger partial charge in [-0.05, 0) is 29.5 Å². The van der Waals surface area contributed by atoms with Crippen molar-refractivity contribution >= 4 is 11.7 Å². The number of carbonyl (C=O) groups is 1. The van der Waals surface area contributed by atoms with E-state index >= 15 is 0 Å². The minimum atomic E-state index is -0.326. The molecule has 0 saturated carbocycles. The van der Waals surface area contributed by atoms with Gasteiger partial charge in [-0.2, -0.15) is 0 Å². The summed E-state index contributed by atoms with van der Waals surface area (Å²) in [5, 5.41) is 0. The van der Waals surface area contributed by atoms with Gasteiger partial charge >= 0.3 is 0 Å². The van der Waals surface area contributed by atoms with Crippen molar-refractivity contribution in [2.45, 2.75) is 20.3 Å². The largest absolute Gasteiger partial charge is 0.295 e. The maximum atomic E-state index is 13.1. The first kappa shape index (κ1) is 15.2. The minimum Gasteiger partial charge on any atom is -0.295 e. The number of anilines is 1. The SMILES string of the molecule is CC1(C)CC(=O)N(c2cnc(C#Cc3cccc(F)c3)cn2)C1. The molecule has 1 aromatic carbocycles. The van der Waals surface area contributed by atoms with Crippen molar-refractivity contribution in [3.05, 3.63) is 53.7 Å². The van der Waals surface area contributed by atoms with Crippen LogP contribution in [0.15, 0.2) is 36.7 Å². The Labute approximate surface area is 134 Å². The van der Waals surface area contributed by atoms with E-state index in [9.17, 15) is 9.18 Å². The van der Waals surface area contributed by atoms with E-state index in [-0.39, 0.29) is 17.1 Å². The molecular weight excluding hydrogens is 293 g/mol. The van der Waals surface area contributed by atoms with Gasteiger partial charge < -0.3 is 0 Å². The molecule has 4 nitrogen and oxygen atoms in total. The quantitative estimate of drug-likeness (QED) is 0.761. The average molecular weight is 309 g/mol. The van der Waals surface area contributed by atoms with Gasteiger partial charge in [-0.25, -0.2) is 14.4 Å². The third kappa shape index (κ3) is 3.54. The number of rotatable bonds is 1. The van der Waals surface area contributed by atoms with Crippen molar-refractivity contribution in [1.82, 2.24) is 9.97 Å². The van der Waals surface area contributed by atoms with Gasteiger partial charge in [0.05, 0.1) is 12.4 Å². The van der Waals surface area contributed by atoms with Crippen LogP contribution in [-0.2, 0) is 4.79 Å². The molecular formula is C18H16FN3O. The number of aromatic nitrogens is 2. The molecule has 23 heavy (non-hydrogen) atoms. The molecule has 2 aromatic rings. The number of carbonyl (C=O) groups excluding carboxylic acids is 1. The number of amides is 1. The molecule has 3 rings (SSSR count). The Balaban J connectivity index is 1.77. The van der Waals surface area contributed by atoms with Gasteiger partial charge in [-0.1, -0.05) is 25.8 Å². The van der Waals surface area contributed by atoms with Crippen LogP contribution in [0, 0.1) is 23.1 Å². The maximum absolute atomic E-state index is 13.1. The topological polar surface area (TPSA) is 46.1 Å². The monoisotopic (exact) mass is 309 g/mol. The Kier molecular flexibility index (Phi) is 3.83. The second kappa shape index (κ2) is 5.81. The molecule has 0 aliphatic carbocycles. The Morgan fingerprint density at radius 3 is 2.65 bits per heavy atom. The van der Waals surface area contributed by atoms with E-state index in [0.717, 1.165) is 0 Å². The molecule has 1 aromatic heterocycles. The number of halogens is 1. The Morgan fingerprint density at radius 2 is 2.04 bits per heavy atom. The maximum Gasteiger partial charge on any atom is 0.228 e. The second-order valence-electron chi connectivity index (χ2n) is 6.34. The van der Waals surface area contributed by atoms with Crippen LogP contribution in [0.4, 0.5) is 10.2 Å². The summed E-state index contributed by atoms with van der Waals surface area (Å²) in [7, 11) is 0. The molecule has 2 heterocycles. The minimum absolute atomic E-state index is 0.0470. The summed E-state index contributed by atoms with van der Waals surface area (Å²) in [6.07, 6.45) is 3.59. The molecule has 116 valence electrons. The van der Waals surface area contributed by atoms with Gasteiger partial charge in [-0.3, -0.25) is 9.69 Å². The highest BCUT2D eigenvalue weighted by Crippen LogP contribution is 2.32. The predicted octanol–water partition coefficient (Wildman–Crippen LogP) is 2.78. The van der Waals surface area contributed by atoms with Crippen LogP contribution in [-0.4, -0.2) is 22.4 Å². The summed E-state index contributed by atoms with van der Waals surface area (Å²) in [6, 6.07) is 6.06. The summed E-state index contributed by atoms with van der Waals surface area (Å²) < 4.78 is 13.1. The lowest BCUT2D eigenvalue weighted by Crippen LogP contribution is -2.27. The Morgan fingerprint density at radius 1 is 1.22 bits per heavy atom. The second-order valence-corrected chi connectivity index (χ2v) is 6.34. The third-order valence-electron chi connectivity index (χ3n) is 3.59. The molecule has 1 saturated heterocycles. The van der Waals surface area contributed by atoms with Crippen LogP contribution < -0.4 is 4.90 Å². The normalized spacial score (nSPS) is 16.1. The molecule has 1 aliphatic rings. The first-order chi connectivity index (χ1) is 10.9. The highest BCUT2D eigenvalue weighted by Gasteiger charge is 2.37. The molecule has 0 spiro atoms. The van der Waals surface area contributed by atoms with Crippen LogP contribution in [0.5, 0.6) is 0 Å². The highest BCUT2D eigenvalue weighted by molar-refractivity contribution is 5.95. The molecule has 1 amide bonds. The molecule has 0 N–H and O–H groups in total. The van der Waals surface area contributed by atoms with Crippen molar-refractivity contribution in [2.24, 2.45) is 5.41 Å². The van der Waals surface area contributed by atoms with E-state index in [0.29, 0.717) is 30.0 Å². The van der Waals surface area contributed by atoms with Gasteiger partial charge in [0, 0.05) is 18.5 Å². The first-order valence-corrected chi connectivity index (χ1v) is 7.33. The van der Waals surface area contributed by atoms with E-state index in [1.54, 1.807) is 23.2 Å². The number of hydrogen-bond acceptors (Lipinski definition) is 3. The first-order valence-electron chi connectivity index (χ1n) is 7.33. The van der Waals surface area contributed by atoms with Crippen molar-refractivity contribution in [3.8, 4) is 11.8 Å². The fourth-order valence-corrected chi connectivity index (χ4v) is 2.51. The molecule has 1 fully saturated rings. The molecule has 1 aliphatic heterocycles. The zero-order valence-corrected chi connectivity index (χ0v) is 13.0. The van der Waals surface area contributed by atoms with Crippen molar-refractivity contribution in [3.63, 3.8) is 0 Å². The van der Waals surface area contributed by atoms with Crippen molar-refractivity contribution in [1.29, 1.82) is 0 Å². The van der Waals surface area contributed by atoms with Gasteiger partial charge in [0.1, 0.15) is 11.5 Å². The summed E-state index contributed by atoms with van der Waals surface area (Å²) in [5.41, 5.74) is 1.01. The number of hydrogen-bond donors (Lipinski definition) is 0. The predicted molar refractivity (Wildman–Crippen MR) is 85.2 cm³/mol. The summed E-state index contributed by atoms with van der Waals surface area (Å²) in [4.78, 5) is 22.2. The zero-order valence-electron chi connectivity index (χ0n) is 13.0. The van der Waals surface area contributed by atoms with Crippen molar-refractivity contribution < 1.29 is 9.18 Å². The molecule has 0 bridgehead atoms. The fraction of sp³-hybridized carbons (Fsp3) is 0.278. The van der Waals surface area contributed by atoms with Gasteiger partial charge in [0.2, 0.25) is 5.91 Å². The van der Waals surface area contributed by atoms with Gasteiger partial charge in [0.15, 0.2) is 5.82 Å². The number of benzene rings is 1. The van der Waals surface area contributed by atoms with E-state index in [4.69, 9.17) is 0 Å². The van der Waals surface area contributed by atoms with E-state index < -0.39 is 0 Å². The van der Waals surface area contributed by atoms with Crippen LogP contribution in [0.2, 0.25) is 0 Å². The molecule has 5 heteroatoms. The Bertz CT molecular complexity index is 803. The highest BCUT2D eigenvalue weighted by atomic mass is 19.1. The number of nitrogens with zero attached hydrogens (tertiary/aromatic N) is 3. The van der Waals surface area contributed by atoms with Crippen LogP contribution in [0.25, 0.3) is 0 Å². The summed E-state index contributed by atoms with van der Waals surface area (Å²) >= 11 is 0. The van der Waals surface area contributed by atoms with Crippen LogP contribution in [0.1, 0.15) is 31.5 Å². The van der Waals surface area contributed by atoms with E-state index in [1.807, 2.05) is 0 Å². The van der Waals surface area contributed by atoms with Crippen LogP contribution >= 0.6 is 0 Å². The van der Waals surface area contributed by atoms with Crippen LogP contribution in [0.3, 0.4) is 0 Å². The van der Waals surface area contributed by atoms with Crippen molar-refractivity contribution in [2.75, 3.05) is 11.4 Å². The third-order valence-corrected chi connectivity index (χ3v) is 3.59. The van der Waals surface area contributed by atoms with Gasteiger partial charge in [-0.15, -0.1) is 0 Å². The lowest BCUT2D eigenvalue weighted by molar-refractivity contribution is -0.117. The summed E-state index contributed by atoms with van der Waals surface area (Å²) in [6.45, 7) is 4.74. The average Bonchev–Trinajstić information content (AvgIpc) is 2.79. The standard InChI is InChI=1S/C18H16FN3O/c1-18(2)9-17(23)22(12-18)16-11-20-15(10-21-16)7-6-13-4-3-5-14(19)8-13/h3-5,8,10-11H,9,12H2,1-2H3. The summed E-state index contributed by atoms with van der Waals surface area (Å²) in [5.74, 6) is 5.95. The zero-order chi connectivity index (χ0) is 16.4. The van der Waals surface area contributed by atoms with Gasteiger partial charge in [0.25, 0.3) is 0 Å². The lowest BCUT2D eigenvalue weighted by atomic mass is 9.93. The Hall–Kier alpha value is -2.74. The van der Waals surface area contributed by atoms with E-state index in [2.05, 4.69) is 35.7 Å². The van der Waals surface area contributed by atoms with E-state index in [1.165, 1.54) is 18.3 Å².